The minimum Gasteiger partial charge on any atom is -0.310 e. The lowest BCUT2D eigenvalue weighted by Crippen LogP contribution is -2.23. The summed E-state index contributed by atoms with van der Waals surface area (Å²) < 4.78 is 1.39. The van der Waals surface area contributed by atoms with Crippen LogP contribution in [0.3, 0.4) is 0 Å². The molecule has 1 heterocycles. The predicted octanol–water partition coefficient (Wildman–Crippen LogP) is 5.08. The molecule has 0 spiro atoms. The van der Waals surface area contributed by atoms with Crippen molar-refractivity contribution in [3.63, 3.8) is 0 Å². The van der Waals surface area contributed by atoms with E-state index in [1.54, 1.807) is 0 Å². The number of hydrogen-bond donors (Lipinski definition) is 1. The summed E-state index contributed by atoms with van der Waals surface area (Å²) in [6.45, 7) is 10.2. The first-order chi connectivity index (χ1) is 8.02. The highest BCUT2D eigenvalue weighted by atomic mass is 127. The Morgan fingerprint density at radius 3 is 2.47 bits per heavy atom. The van der Waals surface area contributed by atoms with E-state index in [9.17, 15) is 0 Å². The molecule has 1 rings (SSSR count). The molecule has 17 heavy (non-hydrogen) atoms. The van der Waals surface area contributed by atoms with E-state index in [-0.39, 0.29) is 0 Å². The summed E-state index contributed by atoms with van der Waals surface area (Å²) in [6.07, 6.45) is 2.57. The highest BCUT2D eigenvalue weighted by molar-refractivity contribution is 14.1. The molecule has 0 aliphatic carbocycles. The zero-order valence-corrected chi connectivity index (χ0v) is 14.3. The van der Waals surface area contributed by atoms with Crippen molar-refractivity contribution in [2.24, 2.45) is 11.8 Å². The van der Waals surface area contributed by atoms with Crippen LogP contribution in [0.1, 0.15) is 52.1 Å². The van der Waals surface area contributed by atoms with E-state index in [0.29, 0.717) is 6.04 Å². The molecule has 0 aliphatic heterocycles. The van der Waals surface area contributed by atoms with Gasteiger partial charge in [-0.05, 0) is 70.8 Å². The quantitative estimate of drug-likeness (QED) is 0.665. The Bertz CT molecular complexity index is 322. The largest absolute Gasteiger partial charge is 0.310 e. The number of thiophene rings is 1. The summed E-state index contributed by atoms with van der Waals surface area (Å²) in [5, 5.41) is 5.92. The van der Waals surface area contributed by atoms with E-state index in [1.807, 2.05) is 11.3 Å². The third kappa shape index (κ3) is 5.71. The van der Waals surface area contributed by atoms with Gasteiger partial charge in [0.15, 0.2) is 0 Å². The lowest BCUT2D eigenvalue weighted by Gasteiger charge is -2.22. The van der Waals surface area contributed by atoms with Gasteiger partial charge in [0, 0.05) is 6.04 Å². The zero-order chi connectivity index (χ0) is 12.8. The zero-order valence-electron chi connectivity index (χ0n) is 11.3. The van der Waals surface area contributed by atoms with Crippen molar-refractivity contribution >= 4 is 33.9 Å². The molecule has 2 atom stereocenters. The van der Waals surface area contributed by atoms with E-state index in [0.717, 1.165) is 18.4 Å². The summed E-state index contributed by atoms with van der Waals surface area (Å²) >= 11 is 4.25. The number of rotatable bonds is 7. The van der Waals surface area contributed by atoms with Crippen LogP contribution in [-0.4, -0.2) is 6.54 Å². The maximum absolute atomic E-state index is 3.62. The maximum Gasteiger partial charge on any atom is 0.0656 e. The van der Waals surface area contributed by atoms with Crippen LogP contribution < -0.4 is 5.32 Å². The van der Waals surface area contributed by atoms with Crippen molar-refractivity contribution in [3.8, 4) is 0 Å². The Kier molecular flexibility index (Phi) is 7.04. The van der Waals surface area contributed by atoms with Gasteiger partial charge >= 0.3 is 0 Å². The summed E-state index contributed by atoms with van der Waals surface area (Å²) in [5.41, 5.74) is 1.47. The highest BCUT2D eigenvalue weighted by Gasteiger charge is 2.16. The van der Waals surface area contributed by atoms with E-state index >= 15 is 0 Å². The molecule has 0 saturated heterocycles. The van der Waals surface area contributed by atoms with Crippen LogP contribution in [0.15, 0.2) is 11.4 Å². The monoisotopic (exact) mass is 365 g/mol. The summed E-state index contributed by atoms with van der Waals surface area (Å²) in [7, 11) is 0. The van der Waals surface area contributed by atoms with Gasteiger partial charge in [-0.3, -0.25) is 0 Å². The molecular formula is C14H24INS. The minimum absolute atomic E-state index is 0.536. The topological polar surface area (TPSA) is 12.0 Å². The van der Waals surface area contributed by atoms with Crippen molar-refractivity contribution in [2.45, 2.75) is 46.6 Å². The van der Waals surface area contributed by atoms with Crippen molar-refractivity contribution in [1.29, 1.82) is 0 Å². The predicted molar refractivity (Wildman–Crippen MR) is 86.7 cm³/mol. The lowest BCUT2D eigenvalue weighted by molar-refractivity contribution is 0.359. The molecule has 0 fully saturated rings. The first kappa shape index (κ1) is 15.4. The standard InChI is InChI=1S/C14H24INS/c1-5-16-13(7-11(4)6-10(2)3)12-8-14(15)17-9-12/h8-11,13,16H,5-7H2,1-4H3. The fourth-order valence-corrected chi connectivity index (χ4v) is 3.82. The summed E-state index contributed by atoms with van der Waals surface area (Å²) in [5.74, 6) is 1.59. The fourth-order valence-electron chi connectivity index (χ4n) is 2.39. The molecule has 1 N–H and O–H groups in total. The van der Waals surface area contributed by atoms with E-state index in [4.69, 9.17) is 0 Å². The Labute approximate surface area is 124 Å². The second-order valence-corrected chi connectivity index (χ2v) is 8.07. The first-order valence-corrected chi connectivity index (χ1v) is 8.46. The molecule has 0 aliphatic rings. The van der Waals surface area contributed by atoms with Gasteiger partial charge in [0.2, 0.25) is 0 Å². The summed E-state index contributed by atoms with van der Waals surface area (Å²) in [6, 6.07) is 2.86. The van der Waals surface area contributed by atoms with Gasteiger partial charge in [0.05, 0.1) is 2.88 Å². The molecule has 1 nitrogen and oxygen atoms in total. The average molecular weight is 365 g/mol. The van der Waals surface area contributed by atoms with Gasteiger partial charge in [-0.1, -0.05) is 27.7 Å². The maximum atomic E-state index is 3.62. The third-order valence-electron chi connectivity index (χ3n) is 2.95. The molecular weight excluding hydrogens is 341 g/mol. The van der Waals surface area contributed by atoms with E-state index in [2.05, 4.69) is 67.0 Å². The molecule has 98 valence electrons. The summed E-state index contributed by atoms with van der Waals surface area (Å²) in [4.78, 5) is 0. The molecule has 0 bridgehead atoms. The van der Waals surface area contributed by atoms with Gasteiger partial charge in [0.1, 0.15) is 0 Å². The molecule has 1 aromatic rings. The molecule has 0 saturated carbocycles. The number of nitrogens with one attached hydrogen (secondary N) is 1. The Morgan fingerprint density at radius 1 is 1.29 bits per heavy atom. The van der Waals surface area contributed by atoms with Gasteiger partial charge in [0.25, 0.3) is 0 Å². The highest BCUT2D eigenvalue weighted by Crippen LogP contribution is 2.28. The van der Waals surface area contributed by atoms with Gasteiger partial charge in [-0.2, -0.15) is 0 Å². The van der Waals surface area contributed by atoms with Crippen molar-refractivity contribution in [3.05, 3.63) is 19.9 Å². The number of halogens is 1. The third-order valence-corrected chi connectivity index (χ3v) is 4.76. The smallest absolute Gasteiger partial charge is 0.0656 e. The van der Waals surface area contributed by atoms with Crippen LogP contribution in [-0.2, 0) is 0 Å². The second kappa shape index (κ2) is 7.74. The van der Waals surface area contributed by atoms with Crippen LogP contribution in [0.2, 0.25) is 0 Å². The molecule has 0 aromatic carbocycles. The van der Waals surface area contributed by atoms with Crippen LogP contribution in [0.4, 0.5) is 0 Å². The Balaban J connectivity index is 2.60. The molecule has 0 radical (unpaired) electrons. The normalized spacial score (nSPS) is 15.2. The minimum atomic E-state index is 0.536. The molecule has 2 unspecified atom stereocenters. The van der Waals surface area contributed by atoms with Crippen LogP contribution in [0.25, 0.3) is 0 Å². The lowest BCUT2D eigenvalue weighted by atomic mass is 9.91. The van der Waals surface area contributed by atoms with E-state index < -0.39 is 0 Å². The van der Waals surface area contributed by atoms with Crippen molar-refractivity contribution in [1.82, 2.24) is 5.32 Å². The van der Waals surface area contributed by atoms with Crippen LogP contribution in [0.5, 0.6) is 0 Å². The SMILES string of the molecule is CCNC(CC(C)CC(C)C)c1csc(I)c1. The van der Waals surface area contributed by atoms with Gasteiger partial charge < -0.3 is 5.32 Å². The Hall–Kier alpha value is 0.390. The van der Waals surface area contributed by atoms with Gasteiger partial charge in [-0.25, -0.2) is 0 Å². The van der Waals surface area contributed by atoms with Crippen LogP contribution in [0, 0.1) is 14.7 Å². The van der Waals surface area contributed by atoms with Crippen LogP contribution >= 0.6 is 33.9 Å². The molecule has 1 aromatic heterocycles. The average Bonchev–Trinajstić information content (AvgIpc) is 2.63. The molecule has 3 heteroatoms. The van der Waals surface area contributed by atoms with E-state index in [1.165, 1.54) is 21.3 Å². The fraction of sp³-hybridized carbons (Fsp3) is 0.714. The Morgan fingerprint density at radius 2 is 2.00 bits per heavy atom. The first-order valence-electron chi connectivity index (χ1n) is 6.50. The molecule has 0 amide bonds. The van der Waals surface area contributed by atoms with Gasteiger partial charge in [-0.15, -0.1) is 11.3 Å². The number of hydrogen-bond acceptors (Lipinski definition) is 2. The second-order valence-electron chi connectivity index (χ2n) is 5.26. The van der Waals surface area contributed by atoms with Crippen molar-refractivity contribution in [2.75, 3.05) is 6.54 Å². The van der Waals surface area contributed by atoms with Crippen molar-refractivity contribution < 1.29 is 0 Å².